The number of nitrogens with one attached hydrogen (secondary N) is 1. The van der Waals surface area contributed by atoms with E-state index >= 15 is 0 Å². The van der Waals surface area contributed by atoms with Crippen LogP contribution < -0.4 is 0 Å². The lowest BCUT2D eigenvalue weighted by Gasteiger charge is -2.06. The molecule has 15 heteroatoms. The maximum absolute atomic E-state index is 13.1. The number of aryl methyl sites for hydroxylation is 1. The fourth-order valence-electron chi connectivity index (χ4n) is 2.75. The van der Waals surface area contributed by atoms with Gasteiger partial charge in [0.15, 0.2) is 5.82 Å². The summed E-state index contributed by atoms with van der Waals surface area (Å²) < 4.78 is 71.5. The highest BCUT2D eigenvalue weighted by Crippen LogP contribution is 2.32. The molecule has 4 rings (SSSR count). The molecule has 33 heavy (non-hydrogen) atoms. The van der Waals surface area contributed by atoms with E-state index in [1.807, 2.05) is 0 Å². The smallest absolute Gasteiger partial charge is 0.411 e. The van der Waals surface area contributed by atoms with Crippen molar-refractivity contribution in [3.05, 3.63) is 41.7 Å². The van der Waals surface area contributed by atoms with Crippen molar-refractivity contribution < 1.29 is 26.4 Å². The van der Waals surface area contributed by atoms with Crippen LogP contribution in [0.25, 0.3) is 22.8 Å². The Morgan fingerprint density at radius 1 is 1.15 bits per heavy atom. The SMILES string of the molecule is Cn1cc(-c2nnc(SCCSc3n[nH]c(-c4cccc(C(F)(F)F)c4)n3)o2)c(C(F)F)n1. The van der Waals surface area contributed by atoms with E-state index in [0.717, 1.165) is 12.1 Å². The van der Waals surface area contributed by atoms with E-state index in [-0.39, 0.29) is 28.1 Å². The molecule has 0 spiro atoms. The standard InChI is InChI=1S/C18H14F5N7OS2/c1-30-8-11(12(29-30)13(19)20)15-26-28-17(31-15)33-6-5-32-16-24-14(25-27-16)9-3-2-4-10(7-9)18(21,22)23/h2-4,7-8,13H,5-6H2,1H3,(H,24,25,27). The van der Waals surface area contributed by atoms with Crippen molar-refractivity contribution in [3.63, 3.8) is 0 Å². The molecule has 8 nitrogen and oxygen atoms in total. The maximum atomic E-state index is 13.1. The number of benzene rings is 1. The number of nitrogens with zero attached hydrogens (tertiary/aromatic N) is 6. The average Bonchev–Trinajstić information content (AvgIpc) is 3.50. The molecule has 0 saturated heterocycles. The quantitative estimate of drug-likeness (QED) is 0.202. The zero-order valence-corrected chi connectivity index (χ0v) is 18.3. The van der Waals surface area contributed by atoms with Crippen LogP contribution >= 0.6 is 23.5 Å². The predicted molar refractivity (Wildman–Crippen MR) is 110 cm³/mol. The molecule has 0 aliphatic heterocycles. The zero-order valence-electron chi connectivity index (χ0n) is 16.7. The molecule has 1 N–H and O–H groups in total. The van der Waals surface area contributed by atoms with Crippen LogP contribution in [-0.4, -0.2) is 46.7 Å². The van der Waals surface area contributed by atoms with E-state index in [4.69, 9.17) is 4.42 Å². The van der Waals surface area contributed by atoms with Gasteiger partial charge in [0.05, 0.1) is 11.1 Å². The normalized spacial score (nSPS) is 12.1. The zero-order chi connectivity index (χ0) is 23.6. The average molecular weight is 503 g/mol. The second-order valence-electron chi connectivity index (χ2n) is 6.52. The van der Waals surface area contributed by atoms with Gasteiger partial charge in [-0.1, -0.05) is 35.7 Å². The second kappa shape index (κ2) is 9.51. The number of H-pyrrole nitrogens is 1. The fourth-order valence-corrected chi connectivity index (χ4v) is 4.28. The van der Waals surface area contributed by atoms with Gasteiger partial charge in [-0.2, -0.15) is 18.3 Å². The third-order valence-electron chi connectivity index (χ3n) is 4.17. The van der Waals surface area contributed by atoms with Gasteiger partial charge in [-0.3, -0.25) is 9.78 Å². The Hall–Kier alpha value is -2.94. The lowest BCUT2D eigenvalue weighted by atomic mass is 10.1. The number of hydrogen-bond donors (Lipinski definition) is 1. The molecule has 3 heterocycles. The molecule has 0 amide bonds. The largest absolute Gasteiger partial charge is 0.416 e. The lowest BCUT2D eigenvalue weighted by Crippen LogP contribution is -2.04. The molecule has 0 fully saturated rings. The Balaban J connectivity index is 1.32. The molecular formula is C18H14F5N7OS2. The Bertz CT molecular complexity index is 1240. The van der Waals surface area contributed by atoms with Crippen LogP contribution in [0.3, 0.4) is 0 Å². The third kappa shape index (κ3) is 5.52. The number of aromatic nitrogens is 7. The molecule has 4 aromatic rings. The second-order valence-corrected chi connectivity index (χ2v) is 8.63. The van der Waals surface area contributed by atoms with Crippen LogP contribution in [0, 0.1) is 0 Å². The molecule has 0 aliphatic rings. The summed E-state index contributed by atoms with van der Waals surface area (Å²) >= 11 is 2.50. The molecule has 0 unspecified atom stereocenters. The number of aromatic amines is 1. The van der Waals surface area contributed by atoms with Crippen molar-refractivity contribution in [2.45, 2.75) is 23.0 Å². The van der Waals surface area contributed by atoms with Crippen LogP contribution in [-0.2, 0) is 13.2 Å². The molecule has 0 saturated carbocycles. The highest BCUT2D eigenvalue weighted by atomic mass is 32.2. The van der Waals surface area contributed by atoms with Gasteiger partial charge in [0.2, 0.25) is 5.16 Å². The summed E-state index contributed by atoms with van der Waals surface area (Å²) in [5.74, 6) is 1.21. The van der Waals surface area contributed by atoms with Crippen LogP contribution in [0.5, 0.6) is 0 Å². The van der Waals surface area contributed by atoms with Gasteiger partial charge in [0.1, 0.15) is 5.69 Å². The van der Waals surface area contributed by atoms with Gasteiger partial charge in [-0.25, -0.2) is 13.8 Å². The minimum absolute atomic E-state index is 0.0479. The van der Waals surface area contributed by atoms with Crippen LogP contribution in [0.15, 0.2) is 45.3 Å². The number of rotatable bonds is 8. The molecule has 0 radical (unpaired) electrons. The highest BCUT2D eigenvalue weighted by Gasteiger charge is 2.30. The van der Waals surface area contributed by atoms with Crippen molar-refractivity contribution >= 4 is 23.5 Å². The van der Waals surface area contributed by atoms with Gasteiger partial charge in [-0.05, 0) is 12.1 Å². The van der Waals surface area contributed by atoms with Crippen LogP contribution in [0.4, 0.5) is 22.0 Å². The fraction of sp³-hybridized carbons (Fsp3) is 0.278. The minimum Gasteiger partial charge on any atom is -0.411 e. The summed E-state index contributed by atoms with van der Waals surface area (Å²) in [5.41, 5.74) is -0.859. The van der Waals surface area contributed by atoms with E-state index in [9.17, 15) is 22.0 Å². The minimum atomic E-state index is -4.45. The van der Waals surface area contributed by atoms with Gasteiger partial charge < -0.3 is 4.42 Å². The Kier molecular flexibility index (Phi) is 6.69. The summed E-state index contributed by atoms with van der Waals surface area (Å²) in [6.07, 6.45) is -5.84. The summed E-state index contributed by atoms with van der Waals surface area (Å²) in [7, 11) is 1.51. The van der Waals surface area contributed by atoms with Gasteiger partial charge in [-0.15, -0.1) is 15.3 Å². The summed E-state index contributed by atoms with van der Waals surface area (Å²) in [5, 5.41) is 18.6. The van der Waals surface area contributed by atoms with Gasteiger partial charge in [0, 0.05) is 30.3 Å². The topological polar surface area (TPSA) is 98.3 Å². The lowest BCUT2D eigenvalue weighted by molar-refractivity contribution is -0.137. The van der Waals surface area contributed by atoms with Crippen LogP contribution in [0.2, 0.25) is 0 Å². The van der Waals surface area contributed by atoms with Crippen molar-refractivity contribution in [2.24, 2.45) is 7.05 Å². The molecule has 1 aromatic carbocycles. The predicted octanol–water partition coefficient (Wildman–Crippen LogP) is 5.10. The van der Waals surface area contributed by atoms with Gasteiger partial charge >= 0.3 is 6.18 Å². The summed E-state index contributed by atoms with van der Waals surface area (Å²) in [4.78, 5) is 4.21. The Morgan fingerprint density at radius 2 is 1.94 bits per heavy atom. The van der Waals surface area contributed by atoms with E-state index in [2.05, 4.69) is 30.5 Å². The Labute approximate surface area is 191 Å². The van der Waals surface area contributed by atoms with Crippen molar-refractivity contribution in [2.75, 3.05) is 11.5 Å². The first-order chi connectivity index (χ1) is 15.7. The van der Waals surface area contributed by atoms with Crippen molar-refractivity contribution in [1.29, 1.82) is 0 Å². The molecule has 3 aromatic heterocycles. The summed E-state index contributed by atoms with van der Waals surface area (Å²) in [6.45, 7) is 0. The van der Waals surface area contributed by atoms with Gasteiger partial charge in [0.25, 0.3) is 17.5 Å². The highest BCUT2D eigenvalue weighted by molar-refractivity contribution is 8.02. The number of thioether (sulfide) groups is 2. The monoisotopic (exact) mass is 503 g/mol. The number of hydrogen-bond acceptors (Lipinski definition) is 8. The van der Waals surface area contributed by atoms with Crippen molar-refractivity contribution in [1.82, 2.24) is 35.2 Å². The number of alkyl halides is 5. The maximum Gasteiger partial charge on any atom is 0.416 e. The first-order valence-corrected chi connectivity index (χ1v) is 11.2. The first-order valence-electron chi connectivity index (χ1n) is 9.22. The van der Waals surface area contributed by atoms with E-state index in [1.54, 1.807) is 0 Å². The molecule has 174 valence electrons. The van der Waals surface area contributed by atoms with E-state index in [1.165, 1.54) is 53.6 Å². The van der Waals surface area contributed by atoms with Crippen LogP contribution in [0.1, 0.15) is 17.7 Å². The first kappa shape index (κ1) is 23.2. The molecule has 0 bridgehead atoms. The molecule has 0 aliphatic carbocycles. The molecular weight excluding hydrogens is 489 g/mol. The Morgan fingerprint density at radius 3 is 2.70 bits per heavy atom. The third-order valence-corrected chi connectivity index (χ3v) is 6.10. The summed E-state index contributed by atoms with van der Waals surface area (Å²) in [6, 6.07) is 4.80. The number of halogens is 5. The molecule has 0 atom stereocenters. The van der Waals surface area contributed by atoms with E-state index < -0.39 is 23.9 Å². The van der Waals surface area contributed by atoms with Crippen molar-refractivity contribution in [3.8, 4) is 22.8 Å². The van der Waals surface area contributed by atoms with E-state index in [0.29, 0.717) is 16.7 Å².